The van der Waals surface area contributed by atoms with Crippen molar-refractivity contribution in [2.75, 3.05) is 13.6 Å². The summed E-state index contributed by atoms with van der Waals surface area (Å²) >= 11 is 0. The van der Waals surface area contributed by atoms with Gasteiger partial charge < -0.3 is 10.2 Å². The van der Waals surface area contributed by atoms with Gasteiger partial charge in [-0.1, -0.05) is 13.0 Å². The maximum Gasteiger partial charge on any atom is 0.240 e. The number of likely N-dealkylation sites (N-methyl/N-ethyl adjacent to an activating group) is 1. The first-order chi connectivity index (χ1) is 8.72. The number of carbonyl (C=O) groups is 1. The Labute approximate surface area is 108 Å². The van der Waals surface area contributed by atoms with Crippen molar-refractivity contribution >= 4 is 5.91 Å². The standard InChI is InChI=1S/C14H21N3O/c1-11-6-5-9-17(14(18)13(11)15-2)10-12-7-3-4-8-16-12/h3-4,7-8,11,13,15H,5-6,9-10H2,1-2H3. The zero-order valence-corrected chi connectivity index (χ0v) is 11.1. The first-order valence-electron chi connectivity index (χ1n) is 6.58. The molecule has 1 aromatic rings. The van der Waals surface area contributed by atoms with Gasteiger partial charge in [0.25, 0.3) is 0 Å². The molecule has 1 aromatic heterocycles. The molecular weight excluding hydrogens is 226 g/mol. The number of nitrogens with zero attached hydrogens (tertiary/aromatic N) is 2. The normalized spacial score (nSPS) is 25.0. The van der Waals surface area contributed by atoms with Gasteiger partial charge in [-0.05, 0) is 37.9 Å². The minimum Gasteiger partial charge on any atom is -0.335 e. The Balaban J connectivity index is 2.10. The fourth-order valence-electron chi connectivity index (χ4n) is 2.57. The molecule has 2 atom stereocenters. The van der Waals surface area contributed by atoms with Gasteiger partial charge in [-0.2, -0.15) is 0 Å². The molecule has 0 bridgehead atoms. The predicted molar refractivity (Wildman–Crippen MR) is 70.9 cm³/mol. The highest BCUT2D eigenvalue weighted by Crippen LogP contribution is 2.19. The molecule has 1 fully saturated rings. The molecule has 0 aliphatic carbocycles. The molecule has 98 valence electrons. The van der Waals surface area contributed by atoms with E-state index >= 15 is 0 Å². The molecule has 1 aliphatic heterocycles. The van der Waals surface area contributed by atoms with E-state index in [2.05, 4.69) is 17.2 Å². The average molecular weight is 247 g/mol. The van der Waals surface area contributed by atoms with Crippen molar-refractivity contribution in [3.63, 3.8) is 0 Å². The smallest absolute Gasteiger partial charge is 0.240 e. The molecule has 2 rings (SSSR count). The molecular formula is C14H21N3O. The van der Waals surface area contributed by atoms with E-state index in [9.17, 15) is 4.79 Å². The monoisotopic (exact) mass is 247 g/mol. The van der Waals surface area contributed by atoms with Crippen LogP contribution in [0.25, 0.3) is 0 Å². The first-order valence-corrected chi connectivity index (χ1v) is 6.58. The van der Waals surface area contributed by atoms with Crippen molar-refractivity contribution in [1.29, 1.82) is 0 Å². The second-order valence-corrected chi connectivity index (χ2v) is 4.97. The van der Waals surface area contributed by atoms with Gasteiger partial charge in [0.2, 0.25) is 5.91 Å². The van der Waals surface area contributed by atoms with Crippen LogP contribution in [0.1, 0.15) is 25.5 Å². The summed E-state index contributed by atoms with van der Waals surface area (Å²) in [4.78, 5) is 18.6. The summed E-state index contributed by atoms with van der Waals surface area (Å²) in [5.74, 6) is 0.601. The maximum atomic E-state index is 12.4. The number of amides is 1. The lowest BCUT2D eigenvalue weighted by atomic mass is 9.98. The van der Waals surface area contributed by atoms with E-state index in [1.54, 1.807) is 6.20 Å². The van der Waals surface area contributed by atoms with Crippen LogP contribution in [0, 0.1) is 5.92 Å². The van der Waals surface area contributed by atoms with Gasteiger partial charge in [0.05, 0.1) is 18.3 Å². The largest absolute Gasteiger partial charge is 0.335 e. The molecule has 4 heteroatoms. The summed E-state index contributed by atoms with van der Waals surface area (Å²) in [6, 6.07) is 5.77. The van der Waals surface area contributed by atoms with Crippen LogP contribution in [-0.2, 0) is 11.3 Å². The van der Waals surface area contributed by atoms with Crippen molar-refractivity contribution < 1.29 is 4.79 Å². The maximum absolute atomic E-state index is 12.4. The van der Waals surface area contributed by atoms with E-state index in [-0.39, 0.29) is 11.9 Å². The van der Waals surface area contributed by atoms with Gasteiger partial charge >= 0.3 is 0 Å². The van der Waals surface area contributed by atoms with Crippen LogP contribution in [0.15, 0.2) is 24.4 Å². The summed E-state index contributed by atoms with van der Waals surface area (Å²) in [5.41, 5.74) is 0.954. The Hall–Kier alpha value is -1.42. The van der Waals surface area contributed by atoms with Gasteiger partial charge in [0.1, 0.15) is 0 Å². The summed E-state index contributed by atoms with van der Waals surface area (Å²) in [6.45, 7) is 3.59. The number of carbonyl (C=O) groups excluding carboxylic acids is 1. The topological polar surface area (TPSA) is 45.2 Å². The molecule has 1 amide bonds. The van der Waals surface area contributed by atoms with Crippen LogP contribution in [0.4, 0.5) is 0 Å². The lowest BCUT2D eigenvalue weighted by Crippen LogP contribution is -2.46. The van der Waals surface area contributed by atoms with Gasteiger partial charge in [0.15, 0.2) is 0 Å². The Kier molecular flexibility index (Phi) is 4.31. The summed E-state index contributed by atoms with van der Waals surface area (Å²) < 4.78 is 0. The lowest BCUT2D eigenvalue weighted by molar-refractivity contribution is -0.134. The molecule has 2 heterocycles. The van der Waals surface area contributed by atoms with E-state index in [1.807, 2.05) is 30.1 Å². The number of likely N-dealkylation sites (tertiary alicyclic amines) is 1. The van der Waals surface area contributed by atoms with E-state index in [1.165, 1.54) is 0 Å². The molecule has 18 heavy (non-hydrogen) atoms. The van der Waals surface area contributed by atoms with Crippen molar-refractivity contribution in [2.45, 2.75) is 32.4 Å². The minimum absolute atomic E-state index is 0.0591. The molecule has 1 N–H and O–H groups in total. The van der Waals surface area contributed by atoms with E-state index in [0.717, 1.165) is 25.1 Å². The van der Waals surface area contributed by atoms with E-state index < -0.39 is 0 Å². The molecule has 1 saturated heterocycles. The SMILES string of the molecule is CNC1C(=O)N(Cc2ccccn2)CCCC1C. The Morgan fingerprint density at radius 1 is 1.50 bits per heavy atom. The zero-order valence-electron chi connectivity index (χ0n) is 11.1. The first kappa shape index (κ1) is 13.0. The Morgan fingerprint density at radius 3 is 3.00 bits per heavy atom. The number of aromatic nitrogens is 1. The highest BCUT2D eigenvalue weighted by Gasteiger charge is 2.30. The van der Waals surface area contributed by atoms with Crippen molar-refractivity contribution in [1.82, 2.24) is 15.2 Å². The summed E-state index contributed by atoms with van der Waals surface area (Å²) in [6.07, 6.45) is 3.93. The lowest BCUT2D eigenvalue weighted by Gasteiger charge is -2.25. The minimum atomic E-state index is -0.0591. The molecule has 0 radical (unpaired) electrons. The van der Waals surface area contributed by atoms with Crippen molar-refractivity contribution in [2.24, 2.45) is 5.92 Å². The summed E-state index contributed by atoms with van der Waals surface area (Å²) in [7, 11) is 1.86. The van der Waals surface area contributed by atoms with Crippen molar-refractivity contribution in [3.8, 4) is 0 Å². The molecule has 2 unspecified atom stereocenters. The van der Waals surface area contributed by atoms with Crippen LogP contribution in [0.3, 0.4) is 0 Å². The van der Waals surface area contributed by atoms with Gasteiger partial charge in [0, 0.05) is 12.7 Å². The number of rotatable bonds is 3. The highest BCUT2D eigenvalue weighted by atomic mass is 16.2. The molecule has 0 spiro atoms. The number of nitrogens with one attached hydrogen (secondary N) is 1. The second kappa shape index (κ2) is 5.96. The van der Waals surface area contributed by atoms with Crippen LogP contribution in [0.5, 0.6) is 0 Å². The molecule has 1 aliphatic rings. The molecule has 4 nitrogen and oxygen atoms in total. The fraction of sp³-hybridized carbons (Fsp3) is 0.571. The summed E-state index contributed by atoms with van der Waals surface area (Å²) in [5, 5.41) is 3.15. The Bertz CT molecular complexity index is 393. The van der Waals surface area contributed by atoms with Gasteiger partial charge in [-0.15, -0.1) is 0 Å². The van der Waals surface area contributed by atoms with Crippen LogP contribution in [0.2, 0.25) is 0 Å². The molecule has 0 saturated carbocycles. The van der Waals surface area contributed by atoms with Crippen molar-refractivity contribution in [3.05, 3.63) is 30.1 Å². The predicted octanol–water partition coefficient (Wildman–Crippen LogP) is 1.43. The quantitative estimate of drug-likeness (QED) is 0.879. The van der Waals surface area contributed by atoms with Gasteiger partial charge in [-0.3, -0.25) is 9.78 Å². The van der Waals surface area contributed by atoms with E-state index in [0.29, 0.717) is 12.5 Å². The Morgan fingerprint density at radius 2 is 2.33 bits per heavy atom. The number of pyridine rings is 1. The average Bonchev–Trinajstić information content (AvgIpc) is 2.51. The number of hydrogen-bond donors (Lipinski definition) is 1. The van der Waals surface area contributed by atoms with Crippen LogP contribution < -0.4 is 5.32 Å². The zero-order chi connectivity index (χ0) is 13.0. The third kappa shape index (κ3) is 2.88. The fourth-order valence-corrected chi connectivity index (χ4v) is 2.57. The molecule has 0 aromatic carbocycles. The van der Waals surface area contributed by atoms with E-state index in [4.69, 9.17) is 0 Å². The second-order valence-electron chi connectivity index (χ2n) is 4.97. The number of hydrogen-bond acceptors (Lipinski definition) is 3. The van der Waals surface area contributed by atoms with Crippen LogP contribution in [-0.4, -0.2) is 35.4 Å². The third-order valence-corrected chi connectivity index (χ3v) is 3.62. The highest BCUT2D eigenvalue weighted by molar-refractivity contribution is 5.82. The van der Waals surface area contributed by atoms with Gasteiger partial charge in [-0.25, -0.2) is 0 Å². The third-order valence-electron chi connectivity index (χ3n) is 3.62. The van der Waals surface area contributed by atoms with Crippen LogP contribution >= 0.6 is 0 Å².